The second kappa shape index (κ2) is 6.05. The average Bonchev–Trinajstić information content (AvgIpc) is 2.39. The molecule has 0 spiro atoms. The van der Waals surface area contributed by atoms with E-state index in [2.05, 4.69) is 31.2 Å². The highest BCUT2D eigenvalue weighted by Gasteiger charge is 2.24. The minimum absolute atomic E-state index is 0.0161. The Morgan fingerprint density at radius 2 is 2.47 bits per heavy atom. The summed E-state index contributed by atoms with van der Waals surface area (Å²) >= 11 is 3.25. The fraction of sp³-hybridized carbons (Fsp3) is 0.545. The maximum absolute atomic E-state index is 11.0. The molecule has 8 heteroatoms. The molecule has 1 aliphatic rings. The van der Waals surface area contributed by atoms with Crippen LogP contribution in [-0.4, -0.2) is 52.3 Å². The third-order valence-corrected chi connectivity index (χ3v) is 3.32. The van der Waals surface area contributed by atoms with Gasteiger partial charge in [0.05, 0.1) is 13.3 Å². The van der Waals surface area contributed by atoms with Crippen LogP contribution in [-0.2, 0) is 0 Å². The number of hydrogen-bond acceptors (Lipinski definition) is 5. The number of nitrogens with one attached hydrogen (secondary N) is 1. The van der Waals surface area contributed by atoms with E-state index in [1.807, 2.05) is 0 Å². The summed E-state index contributed by atoms with van der Waals surface area (Å²) in [6, 6.07) is 0.0161. The van der Waals surface area contributed by atoms with Gasteiger partial charge in [0.25, 0.3) is 5.88 Å². The van der Waals surface area contributed by atoms with Crippen molar-refractivity contribution in [1.82, 2.24) is 14.9 Å². The molecule has 0 unspecified atom stereocenters. The summed E-state index contributed by atoms with van der Waals surface area (Å²) in [5.74, 6) is 0.921. The van der Waals surface area contributed by atoms with E-state index in [1.54, 1.807) is 6.20 Å². The molecule has 2 N–H and O–H groups in total. The summed E-state index contributed by atoms with van der Waals surface area (Å²) in [5, 5.41) is 12.2. The number of aromatic nitrogens is 2. The molecular formula is C11H15BrN4O3. The molecular weight excluding hydrogens is 316 g/mol. The SMILES string of the molecule is COc1ncc(Br)nc1N[C@@H]1CCCN(C(=O)O)C1. The summed E-state index contributed by atoms with van der Waals surface area (Å²) in [6.45, 7) is 1.02. The molecule has 7 nitrogen and oxygen atoms in total. The van der Waals surface area contributed by atoms with E-state index < -0.39 is 6.09 Å². The van der Waals surface area contributed by atoms with Crippen LogP contribution in [0.4, 0.5) is 10.6 Å². The summed E-state index contributed by atoms with van der Waals surface area (Å²) in [4.78, 5) is 20.7. The fourth-order valence-electron chi connectivity index (χ4n) is 2.06. The predicted octanol–water partition coefficient (Wildman–Crippen LogP) is 1.80. The molecule has 1 atom stereocenters. The highest BCUT2D eigenvalue weighted by atomic mass is 79.9. The van der Waals surface area contributed by atoms with Crippen molar-refractivity contribution in [3.63, 3.8) is 0 Å². The first-order valence-corrected chi connectivity index (χ1v) is 6.70. The number of carbonyl (C=O) groups is 1. The molecule has 1 aromatic rings. The number of piperidine rings is 1. The van der Waals surface area contributed by atoms with Gasteiger partial charge in [-0.05, 0) is 28.8 Å². The molecule has 104 valence electrons. The van der Waals surface area contributed by atoms with E-state index in [4.69, 9.17) is 9.84 Å². The van der Waals surface area contributed by atoms with Gasteiger partial charge in [-0.15, -0.1) is 0 Å². The van der Waals surface area contributed by atoms with Gasteiger partial charge in [-0.25, -0.2) is 14.8 Å². The predicted molar refractivity (Wildman–Crippen MR) is 72.5 cm³/mol. The number of hydrogen-bond donors (Lipinski definition) is 2. The van der Waals surface area contributed by atoms with Crippen LogP contribution in [0.1, 0.15) is 12.8 Å². The number of amides is 1. The number of rotatable bonds is 3. The third-order valence-electron chi connectivity index (χ3n) is 2.94. The molecule has 0 aliphatic carbocycles. The second-order valence-corrected chi connectivity index (χ2v) is 5.08. The Hall–Kier alpha value is -1.57. The summed E-state index contributed by atoms with van der Waals surface area (Å²) < 4.78 is 5.73. The highest BCUT2D eigenvalue weighted by molar-refractivity contribution is 9.10. The zero-order valence-corrected chi connectivity index (χ0v) is 12.1. The molecule has 2 heterocycles. The Morgan fingerprint density at radius 1 is 1.68 bits per heavy atom. The van der Waals surface area contributed by atoms with Crippen molar-refractivity contribution in [2.45, 2.75) is 18.9 Å². The van der Waals surface area contributed by atoms with Gasteiger partial charge in [-0.1, -0.05) is 0 Å². The molecule has 0 radical (unpaired) electrons. The van der Waals surface area contributed by atoms with Gasteiger partial charge >= 0.3 is 6.09 Å². The minimum atomic E-state index is -0.890. The van der Waals surface area contributed by atoms with Gasteiger partial charge in [0.2, 0.25) is 0 Å². The Kier molecular flexibility index (Phi) is 4.41. The van der Waals surface area contributed by atoms with Gasteiger partial charge in [0.15, 0.2) is 5.82 Å². The standard InChI is InChI=1S/C11H15BrN4O3/c1-19-10-9(15-8(12)5-13-10)14-7-3-2-4-16(6-7)11(17)18/h5,7H,2-4,6H2,1H3,(H,14,15)(H,17,18)/t7-/m1/s1. The van der Waals surface area contributed by atoms with E-state index in [-0.39, 0.29) is 6.04 Å². The van der Waals surface area contributed by atoms with Crippen LogP contribution in [0.3, 0.4) is 0 Å². The lowest BCUT2D eigenvalue weighted by molar-refractivity contribution is 0.132. The van der Waals surface area contributed by atoms with Gasteiger partial charge in [0.1, 0.15) is 4.60 Å². The quantitative estimate of drug-likeness (QED) is 0.878. The number of nitrogens with zero attached hydrogens (tertiary/aromatic N) is 3. The highest BCUT2D eigenvalue weighted by Crippen LogP contribution is 2.23. The Bertz CT molecular complexity index is 471. The number of likely N-dealkylation sites (tertiary alicyclic amines) is 1. The number of carboxylic acid groups (broad SMARTS) is 1. The van der Waals surface area contributed by atoms with Crippen molar-refractivity contribution in [3.8, 4) is 5.88 Å². The Morgan fingerprint density at radius 3 is 3.16 bits per heavy atom. The van der Waals surface area contributed by atoms with Crippen LogP contribution in [0.5, 0.6) is 5.88 Å². The zero-order valence-electron chi connectivity index (χ0n) is 10.5. The molecule has 1 saturated heterocycles. The largest absolute Gasteiger partial charge is 0.478 e. The number of anilines is 1. The lowest BCUT2D eigenvalue weighted by Gasteiger charge is -2.31. The Labute approximate surface area is 119 Å². The molecule has 1 fully saturated rings. The average molecular weight is 331 g/mol. The van der Waals surface area contributed by atoms with E-state index in [9.17, 15) is 4.79 Å². The Balaban J connectivity index is 2.08. The maximum atomic E-state index is 11.0. The van der Waals surface area contributed by atoms with Crippen molar-refractivity contribution in [2.75, 3.05) is 25.5 Å². The number of halogens is 1. The van der Waals surface area contributed by atoms with Gasteiger partial charge < -0.3 is 20.1 Å². The summed E-state index contributed by atoms with van der Waals surface area (Å²) in [5.41, 5.74) is 0. The zero-order chi connectivity index (χ0) is 13.8. The van der Waals surface area contributed by atoms with E-state index in [0.29, 0.717) is 29.4 Å². The molecule has 1 aromatic heterocycles. The maximum Gasteiger partial charge on any atom is 0.407 e. The summed E-state index contributed by atoms with van der Waals surface area (Å²) in [7, 11) is 1.52. The third kappa shape index (κ3) is 3.46. The van der Waals surface area contributed by atoms with Crippen LogP contribution >= 0.6 is 15.9 Å². The second-order valence-electron chi connectivity index (χ2n) is 4.26. The lowest BCUT2D eigenvalue weighted by Crippen LogP contribution is -2.44. The molecule has 0 aromatic carbocycles. The first-order chi connectivity index (χ1) is 9.10. The number of methoxy groups -OCH3 is 1. The lowest BCUT2D eigenvalue weighted by atomic mass is 10.1. The molecule has 1 amide bonds. The molecule has 19 heavy (non-hydrogen) atoms. The van der Waals surface area contributed by atoms with E-state index in [0.717, 1.165) is 12.8 Å². The fourth-order valence-corrected chi connectivity index (χ4v) is 2.34. The van der Waals surface area contributed by atoms with Crippen LogP contribution < -0.4 is 10.1 Å². The van der Waals surface area contributed by atoms with Crippen LogP contribution in [0.15, 0.2) is 10.8 Å². The van der Waals surface area contributed by atoms with E-state index >= 15 is 0 Å². The van der Waals surface area contributed by atoms with Crippen molar-refractivity contribution >= 4 is 27.8 Å². The van der Waals surface area contributed by atoms with Gasteiger partial charge in [-0.2, -0.15) is 0 Å². The van der Waals surface area contributed by atoms with Gasteiger partial charge in [-0.3, -0.25) is 0 Å². The van der Waals surface area contributed by atoms with Crippen molar-refractivity contribution in [3.05, 3.63) is 10.8 Å². The minimum Gasteiger partial charge on any atom is -0.478 e. The normalized spacial score (nSPS) is 19.1. The monoisotopic (exact) mass is 330 g/mol. The van der Waals surface area contributed by atoms with Crippen molar-refractivity contribution in [2.24, 2.45) is 0 Å². The molecule has 0 bridgehead atoms. The van der Waals surface area contributed by atoms with Crippen molar-refractivity contribution in [1.29, 1.82) is 0 Å². The number of ether oxygens (including phenoxy) is 1. The van der Waals surface area contributed by atoms with Gasteiger partial charge in [0, 0.05) is 19.1 Å². The summed E-state index contributed by atoms with van der Waals surface area (Å²) in [6.07, 6.45) is 2.38. The first kappa shape index (κ1) is 13.9. The first-order valence-electron chi connectivity index (χ1n) is 5.91. The topological polar surface area (TPSA) is 87.6 Å². The molecule has 1 aliphatic heterocycles. The molecule has 0 saturated carbocycles. The van der Waals surface area contributed by atoms with Crippen LogP contribution in [0, 0.1) is 0 Å². The van der Waals surface area contributed by atoms with Crippen LogP contribution in [0.25, 0.3) is 0 Å². The smallest absolute Gasteiger partial charge is 0.407 e. The van der Waals surface area contributed by atoms with E-state index in [1.165, 1.54) is 12.0 Å². The van der Waals surface area contributed by atoms with Crippen LogP contribution in [0.2, 0.25) is 0 Å². The van der Waals surface area contributed by atoms with Crippen molar-refractivity contribution < 1.29 is 14.6 Å². The molecule has 2 rings (SSSR count).